The van der Waals surface area contributed by atoms with E-state index < -0.39 is 0 Å². The number of rotatable bonds is 6. The highest BCUT2D eigenvalue weighted by Gasteiger charge is 2.11. The van der Waals surface area contributed by atoms with Crippen LogP contribution in [0.1, 0.15) is 15.9 Å². The molecule has 1 amide bonds. The summed E-state index contributed by atoms with van der Waals surface area (Å²) in [5, 5.41) is 4.19. The minimum absolute atomic E-state index is 0.124. The number of ether oxygens (including phenoxy) is 2. The predicted molar refractivity (Wildman–Crippen MR) is 98.5 cm³/mol. The number of aryl methyl sites for hydroxylation is 1. The zero-order chi connectivity index (χ0) is 17.8. The van der Waals surface area contributed by atoms with Gasteiger partial charge in [-0.15, -0.1) is 0 Å². The van der Waals surface area contributed by atoms with E-state index in [2.05, 4.69) is 28.2 Å². The maximum absolute atomic E-state index is 12.4. The fourth-order valence-electron chi connectivity index (χ4n) is 3.02. The van der Waals surface area contributed by atoms with Gasteiger partial charge in [-0.25, -0.2) is 0 Å². The summed E-state index contributed by atoms with van der Waals surface area (Å²) in [6.07, 6.45) is 2.90. The average molecular weight is 338 g/mol. The lowest BCUT2D eigenvalue weighted by molar-refractivity contribution is 0.0953. The van der Waals surface area contributed by atoms with Crippen LogP contribution < -0.4 is 14.8 Å². The Morgan fingerprint density at radius 3 is 2.60 bits per heavy atom. The van der Waals surface area contributed by atoms with Crippen LogP contribution in [0.25, 0.3) is 10.9 Å². The van der Waals surface area contributed by atoms with Gasteiger partial charge < -0.3 is 19.4 Å². The van der Waals surface area contributed by atoms with Gasteiger partial charge >= 0.3 is 0 Å². The quantitative estimate of drug-likeness (QED) is 0.751. The Balaban J connectivity index is 1.66. The van der Waals surface area contributed by atoms with Gasteiger partial charge in [0, 0.05) is 36.3 Å². The lowest BCUT2D eigenvalue weighted by Gasteiger charge is -2.10. The molecule has 3 aromatic rings. The van der Waals surface area contributed by atoms with Crippen molar-refractivity contribution in [1.82, 2.24) is 9.88 Å². The maximum atomic E-state index is 12.4. The third-order valence-electron chi connectivity index (χ3n) is 4.31. The van der Waals surface area contributed by atoms with E-state index in [4.69, 9.17) is 9.47 Å². The number of aromatic nitrogens is 1. The van der Waals surface area contributed by atoms with Crippen molar-refractivity contribution in [2.75, 3.05) is 20.8 Å². The first-order chi connectivity index (χ1) is 12.1. The number of fused-ring (bicyclic) bond motifs is 1. The smallest absolute Gasteiger partial charge is 0.251 e. The number of nitrogens with one attached hydrogen (secondary N) is 1. The van der Waals surface area contributed by atoms with E-state index in [-0.39, 0.29) is 5.91 Å². The molecule has 0 aliphatic carbocycles. The molecule has 0 saturated heterocycles. The molecule has 130 valence electrons. The van der Waals surface area contributed by atoms with Gasteiger partial charge in [-0.2, -0.15) is 0 Å². The first-order valence-electron chi connectivity index (χ1n) is 8.17. The molecule has 1 heterocycles. The highest BCUT2D eigenvalue weighted by molar-refractivity contribution is 5.95. The van der Waals surface area contributed by atoms with Gasteiger partial charge in [0.1, 0.15) is 0 Å². The second-order valence-electron chi connectivity index (χ2n) is 5.86. The third kappa shape index (κ3) is 3.45. The van der Waals surface area contributed by atoms with E-state index in [0.717, 1.165) is 6.42 Å². The van der Waals surface area contributed by atoms with Crippen molar-refractivity contribution >= 4 is 16.8 Å². The summed E-state index contributed by atoms with van der Waals surface area (Å²) < 4.78 is 12.6. The van der Waals surface area contributed by atoms with Gasteiger partial charge in [-0.05, 0) is 36.2 Å². The molecule has 1 N–H and O–H groups in total. The van der Waals surface area contributed by atoms with Crippen LogP contribution in [0.3, 0.4) is 0 Å². The molecule has 0 spiro atoms. The maximum Gasteiger partial charge on any atom is 0.251 e. The minimum Gasteiger partial charge on any atom is -0.493 e. The molecule has 0 radical (unpaired) electrons. The van der Waals surface area contributed by atoms with E-state index in [1.165, 1.54) is 16.5 Å². The average Bonchev–Trinajstić information content (AvgIpc) is 2.97. The van der Waals surface area contributed by atoms with Crippen LogP contribution in [0, 0.1) is 0 Å². The fraction of sp³-hybridized carbons (Fsp3) is 0.250. The van der Waals surface area contributed by atoms with Gasteiger partial charge in [0.05, 0.1) is 14.2 Å². The fourth-order valence-corrected chi connectivity index (χ4v) is 3.02. The number of carbonyl (C=O) groups is 1. The first kappa shape index (κ1) is 16.9. The van der Waals surface area contributed by atoms with Crippen molar-refractivity contribution in [2.24, 2.45) is 7.05 Å². The summed E-state index contributed by atoms with van der Waals surface area (Å²) in [7, 11) is 5.16. The van der Waals surface area contributed by atoms with Crippen LogP contribution in [0.4, 0.5) is 0 Å². The van der Waals surface area contributed by atoms with Gasteiger partial charge in [0.15, 0.2) is 11.5 Å². The van der Waals surface area contributed by atoms with Crippen LogP contribution in [-0.4, -0.2) is 31.2 Å². The number of nitrogens with zero attached hydrogens (tertiary/aromatic N) is 1. The molecule has 0 saturated carbocycles. The topological polar surface area (TPSA) is 52.5 Å². The van der Waals surface area contributed by atoms with Crippen molar-refractivity contribution in [1.29, 1.82) is 0 Å². The third-order valence-corrected chi connectivity index (χ3v) is 4.31. The van der Waals surface area contributed by atoms with Crippen molar-refractivity contribution in [2.45, 2.75) is 6.42 Å². The molecular weight excluding hydrogens is 316 g/mol. The summed E-state index contributed by atoms with van der Waals surface area (Å²) >= 11 is 0. The van der Waals surface area contributed by atoms with Gasteiger partial charge in [-0.3, -0.25) is 4.79 Å². The van der Waals surface area contributed by atoms with E-state index in [0.29, 0.717) is 23.6 Å². The van der Waals surface area contributed by atoms with E-state index in [1.807, 2.05) is 19.2 Å². The number of benzene rings is 2. The molecule has 0 unspecified atom stereocenters. The molecule has 5 nitrogen and oxygen atoms in total. The normalized spacial score (nSPS) is 10.7. The molecule has 5 heteroatoms. The van der Waals surface area contributed by atoms with Crippen LogP contribution in [-0.2, 0) is 13.5 Å². The Hall–Kier alpha value is -2.95. The molecule has 25 heavy (non-hydrogen) atoms. The van der Waals surface area contributed by atoms with Crippen molar-refractivity contribution in [3.05, 3.63) is 59.8 Å². The lowest BCUT2D eigenvalue weighted by atomic mass is 10.1. The molecule has 0 aliphatic heterocycles. The van der Waals surface area contributed by atoms with E-state index >= 15 is 0 Å². The molecule has 0 atom stereocenters. The van der Waals surface area contributed by atoms with Crippen molar-refractivity contribution in [3.8, 4) is 11.5 Å². The number of amides is 1. The number of methoxy groups -OCH3 is 2. The lowest BCUT2D eigenvalue weighted by Crippen LogP contribution is -2.25. The molecule has 3 rings (SSSR count). The molecule has 1 aromatic heterocycles. The molecule has 0 aliphatic rings. The standard InChI is InChI=1S/C20H22N2O3/c1-22-13-15(16-6-4-5-7-17(16)22)10-11-21-20(23)14-8-9-18(24-2)19(12-14)25-3/h4-9,12-13H,10-11H2,1-3H3,(H,21,23). The summed E-state index contributed by atoms with van der Waals surface area (Å²) in [5.41, 5.74) is 2.98. The van der Waals surface area contributed by atoms with Crippen LogP contribution in [0.5, 0.6) is 11.5 Å². The molecule has 0 bridgehead atoms. The Bertz CT molecular complexity index is 899. The Kier molecular flexibility index (Phi) is 4.93. The largest absolute Gasteiger partial charge is 0.493 e. The van der Waals surface area contributed by atoms with Gasteiger partial charge in [-0.1, -0.05) is 18.2 Å². The van der Waals surface area contributed by atoms with Gasteiger partial charge in [0.2, 0.25) is 0 Å². The van der Waals surface area contributed by atoms with Crippen LogP contribution >= 0.6 is 0 Å². The van der Waals surface area contributed by atoms with E-state index in [9.17, 15) is 4.79 Å². The van der Waals surface area contributed by atoms with Gasteiger partial charge in [0.25, 0.3) is 5.91 Å². The Labute approximate surface area is 147 Å². The Morgan fingerprint density at radius 2 is 1.84 bits per heavy atom. The highest BCUT2D eigenvalue weighted by atomic mass is 16.5. The number of para-hydroxylation sites is 1. The zero-order valence-electron chi connectivity index (χ0n) is 14.7. The summed E-state index contributed by atoms with van der Waals surface area (Å²) in [6.45, 7) is 0.571. The number of hydrogen-bond acceptors (Lipinski definition) is 3. The number of carbonyl (C=O) groups excluding carboxylic acids is 1. The Morgan fingerprint density at radius 1 is 1.08 bits per heavy atom. The van der Waals surface area contributed by atoms with Crippen molar-refractivity contribution in [3.63, 3.8) is 0 Å². The second kappa shape index (κ2) is 7.30. The molecule has 2 aromatic carbocycles. The SMILES string of the molecule is COc1ccc(C(=O)NCCc2cn(C)c3ccccc23)cc1OC. The monoisotopic (exact) mass is 338 g/mol. The summed E-state index contributed by atoms with van der Waals surface area (Å²) in [4.78, 5) is 12.4. The molecule has 0 fully saturated rings. The minimum atomic E-state index is -0.124. The van der Waals surface area contributed by atoms with E-state index in [1.54, 1.807) is 32.4 Å². The van der Waals surface area contributed by atoms with Crippen LogP contribution in [0.2, 0.25) is 0 Å². The molecular formula is C20H22N2O3. The predicted octanol–water partition coefficient (Wildman–Crippen LogP) is 3.17. The highest BCUT2D eigenvalue weighted by Crippen LogP contribution is 2.27. The van der Waals surface area contributed by atoms with Crippen LogP contribution in [0.15, 0.2) is 48.7 Å². The first-order valence-corrected chi connectivity index (χ1v) is 8.17. The second-order valence-corrected chi connectivity index (χ2v) is 5.86. The summed E-state index contributed by atoms with van der Waals surface area (Å²) in [6, 6.07) is 13.4. The summed E-state index contributed by atoms with van der Waals surface area (Å²) in [5.74, 6) is 1.03. The number of hydrogen-bond donors (Lipinski definition) is 1. The zero-order valence-corrected chi connectivity index (χ0v) is 14.7. The van der Waals surface area contributed by atoms with Crippen molar-refractivity contribution < 1.29 is 14.3 Å².